The summed E-state index contributed by atoms with van der Waals surface area (Å²) in [6.07, 6.45) is -19.5. The molecule has 0 nitrogen and oxygen atoms in total. The van der Waals surface area contributed by atoms with Crippen LogP contribution in [0.4, 0.5) is 96.6 Å². The molecule has 0 aromatic heterocycles. The summed E-state index contributed by atoms with van der Waals surface area (Å²) in [4.78, 5) is 0. The highest BCUT2D eigenvalue weighted by Gasteiger charge is 2.91. The second kappa shape index (κ2) is 7.48. The molecule has 0 bridgehead atoms. The first-order valence-corrected chi connectivity index (χ1v) is 6.73. The average molecular weight is 551 g/mol. The Morgan fingerprint density at radius 3 is 0.576 bits per heavy atom. The molecular weight excluding hydrogens is 550 g/mol. The van der Waals surface area contributed by atoms with Crippen LogP contribution in [0.15, 0.2) is 0 Å². The van der Waals surface area contributed by atoms with Gasteiger partial charge in [-0.2, -0.15) is 96.6 Å². The van der Waals surface area contributed by atoms with Crippen LogP contribution in [0.3, 0.4) is 0 Å². The SMILES string of the molecule is FC(F)(F)C(F)(F)C(F)(F)C(F)(F)C(F)(F)[CH]C(F)(F)C(F)(F)C(F)(F)C(F)(F)C(F)(F)F. The van der Waals surface area contributed by atoms with Gasteiger partial charge in [-0.05, 0) is 0 Å². The van der Waals surface area contributed by atoms with Crippen LogP contribution in [0.5, 0.6) is 0 Å². The molecule has 0 N–H and O–H groups in total. The minimum atomic E-state index is -8.51. The summed E-state index contributed by atoms with van der Waals surface area (Å²) < 4.78 is 277. The van der Waals surface area contributed by atoms with Crippen LogP contribution >= 0.6 is 0 Å². The highest BCUT2D eigenvalue weighted by Crippen LogP contribution is 2.62. The monoisotopic (exact) mass is 551 g/mol. The Morgan fingerprint density at radius 2 is 0.424 bits per heavy atom. The Bertz CT molecular complexity index is 643. The molecule has 0 aliphatic carbocycles. The van der Waals surface area contributed by atoms with Crippen molar-refractivity contribution in [1.82, 2.24) is 0 Å². The van der Waals surface area contributed by atoms with E-state index in [2.05, 4.69) is 0 Å². The van der Waals surface area contributed by atoms with E-state index >= 15 is 0 Å². The van der Waals surface area contributed by atoms with Gasteiger partial charge in [0.05, 0.1) is 0 Å². The van der Waals surface area contributed by atoms with Crippen LogP contribution in [0.2, 0.25) is 0 Å². The van der Waals surface area contributed by atoms with Gasteiger partial charge in [-0.15, -0.1) is 0 Å². The standard InChI is InChI=1S/C11HF22/c12-2(13,4(16,17)6(20,21)8(24,25)10(28,29)30)1-3(14,15)5(18,19)7(22,23)9(26,27)11(31,32)33/h1H. The zero-order valence-corrected chi connectivity index (χ0v) is 13.9. The third-order valence-electron chi connectivity index (χ3n) is 3.49. The first-order valence-electron chi connectivity index (χ1n) is 6.73. The van der Waals surface area contributed by atoms with E-state index in [1.54, 1.807) is 0 Å². The fourth-order valence-corrected chi connectivity index (χ4v) is 1.58. The van der Waals surface area contributed by atoms with Crippen molar-refractivity contribution in [3.8, 4) is 0 Å². The van der Waals surface area contributed by atoms with Gasteiger partial charge < -0.3 is 0 Å². The van der Waals surface area contributed by atoms with Crippen LogP contribution in [0, 0.1) is 6.42 Å². The first kappa shape index (κ1) is 31.5. The largest absolute Gasteiger partial charge is 0.460 e. The lowest BCUT2D eigenvalue weighted by atomic mass is 9.89. The van der Waals surface area contributed by atoms with E-state index in [1.165, 1.54) is 0 Å². The van der Waals surface area contributed by atoms with Gasteiger partial charge in [0.2, 0.25) is 0 Å². The van der Waals surface area contributed by atoms with E-state index in [9.17, 15) is 96.6 Å². The van der Waals surface area contributed by atoms with Crippen molar-refractivity contribution >= 4 is 0 Å². The zero-order chi connectivity index (χ0) is 27.7. The molecule has 0 aliphatic rings. The maximum atomic E-state index is 13.1. The summed E-state index contributed by atoms with van der Waals surface area (Å²) in [5.74, 6) is -66.8. The summed E-state index contributed by atoms with van der Waals surface area (Å²) in [5.41, 5.74) is 0. The molecule has 0 amide bonds. The molecule has 0 saturated carbocycles. The molecule has 0 aromatic carbocycles. The summed E-state index contributed by atoms with van der Waals surface area (Å²) in [7, 11) is 0. The number of alkyl halides is 22. The van der Waals surface area contributed by atoms with E-state index in [1.807, 2.05) is 0 Å². The molecule has 0 rings (SSSR count). The van der Waals surface area contributed by atoms with Crippen LogP contribution in [-0.2, 0) is 0 Å². The number of hydrogen-bond donors (Lipinski definition) is 0. The van der Waals surface area contributed by atoms with Crippen molar-refractivity contribution in [2.75, 3.05) is 0 Å². The van der Waals surface area contributed by atoms with Gasteiger partial charge in [0, 0.05) is 0 Å². The van der Waals surface area contributed by atoms with Crippen molar-refractivity contribution in [2.24, 2.45) is 0 Å². The Hall–Kier alpha value is -1.54. The minimum Gasteiger partial charge on any atom is -0.199 e. The van der Waals surface area contributed by atoms with E-state index in [0.29, 0.717) is 0 Å². The fraction of sp³-hybridized carbons (Fsp3) is 0.909. The molecule has 199 valence electrons. The molecule has 1 radical (unpaired) electrons. The molecule has 33 heavy (non-hydrogen) atoms. The Morgan fingerprint density at radius 1 is 0.242 bits per heavy atom. The summed E-state index contributed by atoms with van der Waals surface area (Å²) in [5, 5.41) is 0. The first-order chi connectivity index (χ1) is 13.7. The molecule has 0 saturated heterocycles. The van der Waals surface area contributed by atoms with Gasteiger partial charge >= 0.3 is 59.7 Å². The molecule has 0 unspecified atom stereocenters. The van der Waals surface area contributed by atoms with Crippen molar-refractivity contribution in [3.05, 3.63) is 6.42 Å². The Labute approximate surface area is 164 Å². The lowest BCUT2D eigenvalue weighted by Gasteiger charge is -2.40. The average Bonchev–Trinajstić information content (AvgIpc) is 2.50. The fourth-order valence-electron chi connectivity index (χ4n) is 1.58. The molecule has 0 fully saturated rings. The molecule has 22 heteroatoms. The molecule has 0 aromatic rings. The second-order valence-electron chi connectivity index (χ2n) is 5.83. The maximum Gasteiger partial charge on any atom is 0.460 e. The normalized spacial score (nSPS) is 16.9. The third kappa shape index (κ3) is 4.22. The van der Waals surface area contributed by atoms with E-state index in [-0.39, 0.29) is 0 Å². The van der Waals surface area contributed by atoms with Crippen LogP contribution in [-0.4, -0.2) is 59.7 Å². The third-order valence-corrected chi connectivity index (χ3v) is 3.49. The van der Waals surface area contributed by atoms with Crippen molar-refractivity contribution in [2.45, 2.75) is 59.7 Å². The minimum absolute atomic E-state index is 3.79. The van der Waals surface area contributed by atoms with E-state index in [4.69, 9.17) is 0 Å². The van der Waals surface area contributed by atoms with Gasteiger partial charge in [0.1, 0.15) is 6.42 Å². The quantitative estimate of drug-likeness (QED) is 0.276. The van der Waals surface area contributed by atoms with Crippen molar-refractivity contribution < 1.29 is 96.6 Å². The zero-order valence-electron chi connectivity index (χ0n) is 13.9. The number of rotatable bonds is 8. The molecule has 0 atom stereocenters. The Balaban J connectivity index is 6.59. The van der Waals surface area contributed by atoms with Crippen molar-refractivity contribution in [3.63, 3.8) is 0 Å². The molecule has 0 heterocycles. The van der Waals surface area contributed by atoms with E-state index in [0.717, 1.165) is 0 Å². The lowest BCUT2D eigenvalue weighted by molar-refractivity contribution is -0.430. The molecular formula is C11HF22. The summed E-state index contributed by atoms with van der Waals surface area (Å²) >= 11 is 0. The Kier molecular flexibility index (Phi) is 7.13. The number of halogens is 22. The van der Waals surface area contributed by atoms with Gasteiger partial charge in [-0.25, -0.2) is 0 Å². The van der Waals surface area contributed by atoms with Gasteiger partial charge in [0.25, 0.3) is 0 Å². The molecule has 0 spiro atoms. The van der Waals surface area contributed by atoms with Crippen LogP contribution in [0.1, 0.15) is 0 Å². The van der Waals surface area contributed by atoms with E-state index < -0.39 is 66.2 Å². The van der Waals surface area contributed by atoms with Crippen LogP contribution < -0.4 is 0 Å². The van der Waals surface area contributed by atoms with Gasteiger partial charge in [-0.1, -0.05) is 0 Å². The van der Waals surface area contributed by atoms with Gasteiger partial charge in [0.15, 0.2) is 0 Å². The lowest BCUT2D eigenvalue weighted by Crippen LogP contribution is -2.70. The summed E-state index contributed by atoms with van der Waals surface area (Å²) in [6.45, 7) is 0. The maximum absolute atomic E-state index is 13.1. The van der Waals surface area contributed by atoms with Crippen molar-refractivity contribution in [1.29, 1.82) is 0 Å². The topological polar surface area (TPSA) is 0 Å². The smallest absolute Gasteiger partial charge is 0.199 e. The van der Waals surface area contributed by atoms with Gasteiger partial charge in [-0.3, -0.25) is 0 Å². The number of hydrogen-bond acceptors (Lipinski definition) is 0. The second-order valence-corrected chi connectivity index (χ2v) is 5.83. The summed E-state index contributed by atoms with van der Waals surface area (Å²) in [6, 6.07) is 0. The highest BCUT2D eigenvalue weighted by molar-refractivity contribution is 5.18. The predicted octanol–water partition coefficient (Wildman–Crippen LogP) is 7.40. The van der Waals surface area contributed by atoms with Crippen LogP contribution in [0.25, 0.3) is 0 Å². The highest BCUT2D eigenvalue weighted by atomic mass is 19.4. The molecule has 0 aliphatic heterocycles. The predicted molar refractivity (Wildman–Crippen MR) is 56.0 cm³/mol.